The number of fused-ring (bicyclic) bond motifs is 1. The lowest BCUT2D eigenvalue weighted by Gasteiger charge is -2.11. The van der Waals surface area contributed by atoms with Crippen molar-refractivity contribution in [3.05, 3.63) is 47.9 Å². The fourth-order valence-corrected chi connectivity index (χ4v) is 3.91. The molecule has 5 nitrogen and oxygen atoms in total. The van der Waals surface area contributed by atoms with E-state index < -0.39 is 22.8 Å². The molecule has 132 valence electrons. The zero-order valence-electron chi connectivity index (χ0n) is 13.7. The molecule has 8 heteroatoms. The first kappa shape index (κ1) is 17.6. The van der Waals surface area contributed by atoms with Crippen LogP contribution in [0.2, 0.25) is 0 Å². The molecule has 1 unspecified atom stereocenters. The Morgan fingerprint density at radius 3 is 2.80 bits per heavy atom. The Bertz CT molecular complexity index is 900. The number of pyridine rings is 1. The first-order chi connectivity index (χ1) is 12.0. The monoisotopic (exact) mass is 364 g/mol. The maximum absolute atomic E-state index is 13.6. The second kappa shape index (κ2) is 7.37. The Morgan fingerprint density at radius 1 is 1.24 bits per heavy atom. The highest BCUT2D eigenvalue weighted by Gasteiger charge is 2.17. The molecule has 2 heterocycles. The van der Waals surface area contributed by atoms with Gasteiger partial charge in [-0.1, -0.05) is 0 Å². The highest BCUT2D eigenvalue weighted by atomic mass is 32.2. The summed E-state index contributed by atoms with van der Waals surface area (Å²) in [6, 6.07) is 3.12. The summed E-state index contributed by atoms with van der Waals surface area (Å²) >= 11 is -1.48. The van der Waals surface area contributed by atoms with Gasteiger partial charge in [-0.15, -0.1) is 0 Å². The van der Waals surface area contributed by atoms with Crippen molar-refractivity contribution < 1.29 is 13.3 Å². The van der Waals surface area contributed by atoms with E-state index in [9.17, 15) is 13.3 Å². The Labute approximate surface area is 147 Å². The number of aryl methyl sites for hydroxylation is 2. The Kier molecular flexibility index (Phi) is 5.19. The van der Waals surface area contributed by atoms with Gasteiger partial charge in [0.1, 0.15) is 17.1 Å². The number of nitrogens with two attached hydrogens (primary N) is 1. The highest BCUT2D eigenvalue weighted by Crippen LogP contribution is 2.22. The molecule has 0 aliphatic heterocycles. The highest BCUT2D eigenvalue weighted by molar-refractivity contribution is 7.91. The summed E-state index contributed by atoms with van der Waals surface area (Å²) < 4.78 is 40.7. The standard InChI is InChI=1S/C17H18F2N4OS/c1-11-9-21-17(20)15-16(11)23(10-22-15)6-2-3-7-25(24)14-5-4-12(18)8-13(14)19/h4-5,8-10H,2-3,6-7H2,1H3,(H2,20,21). The minimum atomic E-state index is -1.48. The predicted molar refractivity (Wildman–Crippen MR) is 93.5 cm³/mol. The van der Waals surface area contributed by atoms with E-state index in [1.807, 2.05) is 11.5 Å². The van der Waals surface area contributed by atoms with Crippen LogP contribution >= 0.6 is 0 Å². The normalized spacial score (nSPS) is 12.6. The van der Waals surface area contributed by atoms with E-state index in [2.05, 4.69) is 9.97 Å². The van der Waals surface area contributed by atoms with Gasteiger partial charge in [0.2, 0.25) is 0 Å². The average Bonchev–Trinajstić information content (AvgIpc) is 3.00. The number of nitrogens with zero attached hydrogens (tertiary/aromatic N) is 3. The average molecular weight is 364 g/mol. The van der Waals surface area contributed by atoms with Gasteiger partial charge >= 0.3 is 0 Å². The molecule has 0 aliphatic rings. The summed E-state index contributed by atoms with van der Waals surface area (Å²) in [5.74, 6) is -0.725. The van der Waals surface area contributed by atoms with Crippen molar-refractivity contribution >= 4 is 28.0 Å². The number of anilines is 1. The van der Waals surface area contributed by atoms with E-state index in [1.165, 1.54) is 6.07 Å². The topological polar surface area (TPSA) is 79.8 Å². The number of aromatic nitrogens is 3. The lowest BCUT2D eigenvalue weighted by molar-refractivity contribution is 0.545. The number of benzene rings is 1. The molecule has 0 spiro atoms. The molecular formula is C17H18F2N4OS. The summed E-state index contributed by atoms with van der Waals surface area (Å²) in [6.45, 7) is 2.63. The van der Waals surface area contributed by atoms with Crippen LogP contribution in [-0.2, 0) is 17.7 Å². The fraction of sp³-hybridized carbons (Fsp3) is 0.294. The van der Waals surface area contributed by atoms with Crippen molar-refractivity contribution in [1.29, 1.82) is 0 Å². The van der Waals surface area contributed by atoms with E-state index >= 15 is 0 Å². The molecule has 1 atom stereocenters. The molecular weight excluding hydrogens is 346 g/mol. The predicted octanol–water partition coefficient (Wildman–Crippen LogP) is 3.19. The quantitative estimate of drug-likeness (QED) is 0.538. The summed E-state index contributed by atoms with van der Waals surface area (Å²) in [6.07, 6.45) is 4.82. The van der Waals surface area contributed by atoms with Gasteiger partial charge in [-0.05, 0) is 48.6 Å². The zero-order chi connectivity index (χ0) is 18.0. The Balaban J connectivity index is 1.59. The van der Waals surface area contributed by atoms with E-state index in [-0.39, 0.29) is 4.90 Å². The maximum atomic E-state index is 13.6. The smallest absolute Gasteiger partial charge is 0.188 e. The molecule has 0 fully saturated rings. The molecule has 25 heavy (non-hydrogen) atoms. The largest absolute Gasteiger partial charge is 0.611 e. The van der Waals surface area contributed by atoms with Gasteiger partial charge in [-0.2, -0.15) is 0 Å². The number of halogens is 2. The second-order valence-electron chi connectivity index (χ2n) is 5.79. The van der Waals surface area contributed by atoms with Crippen molar-refractivity contribution in [2.75, 3.05) is 11.5 Å². The van der Waals surface area contributed by atoms with Crippen LogP contribution in [0.15, 0.2) is 35.6 Å². The minimum Gasteiger partial charge on any atom is -0.611 e. The van der Waals surface area contributed by atoms with Crippen molar-refractivity contribution in [2.24, 2.45) is 0 Å². The number of hydrogen-bond acceptors (Lipinski definition) is 4. The van der Waals surface area contributed by atoms with E-state index in [0.717, 1.165) is 29.6 Å². The van der Waals surface area contributed by atoms with Crippen LogP contribution < -0.4 is 5.73 Å². The SMILES string of the molecule is Cc1cnc(N)c2ncn(CCCC[S+]([O-])c3ccc(F)cc3F)c12. The van der Waals surface area contributed by atoms with Crippen molar-refractivity contribution in [2.45, 2.75) is 31.2 Å². The Hall–Kier alpha value is -2.19. The van der Waals surface area contributed by atoms with Gasteiger partial charge < -0.3 is 14.9 Å². The molecule has 1 aromatic carbocycles. The van der Waals surface area contributed by atoms with Crippen LogP contribution in [0.4, 0.5) is 14.6 Å². The van der Waals surface area contributed by atoms with Crippen LogP contribution in [0.1, 0.15) is 18.4 Å². The van der Waals surface area contributed by atoms with Gasteiger partial charge in [-0.3, -0.25) is 0 Å². The summed E-state index contributed by atoms with van der Waals surface area (Å²) in [4.78, 5) is 8.42. The van der Waals surface area contributed by atoms with Crippen molar-refractivity contribution in [1.82, 2.24) is 14.5 Å². The second-order valence-corrected chi connectivity index (χ2v) is 7.33. The van der Waals surface area contributed by atoms with Gasteiger partial charge in [0, 0.05) is 18.8 Å². The molecule has 0 saturated heterocycles. The number of nitrogen functional groups attached to an aromatic ring is 1. The van der Waals surface area contributed by atoms with Crippen LogP contribution in [0.5, 0.6) is 0 Å². The van der Waals surface area contributed by atoms with E-state index in [4.69, 9.17) is 5.73 Å². The van der Waals surface area contributed by atoms with Crippen LogP contribution in [-0.4, -0.2) is 24.8 Å². The number of hydrogen-bond donors (Lipinski definition) is 1. The first-order valence-electron chi connectivity index (χ1n) is 7.86. The summed E-state index contributed by atoms with van der Waals surface area (Å²) in [5, 5.41) is 0. The number of imidazole rings is 1. The third kappa shape index (κ3) is 3.74. The van der Waals surface area contributed by atoms with Crippen LogP contribution in [0.25, 0.3) is 11.0 Å². The third-order valence-electron chi connectivity index (χ3n) is 3.97. The molecule has 2 N–H and O–H groups in total. The lowest BCUT2D eigenvalue weighted by atomic mass is 10.2. The molecule has 0 amide bonds. The fourth-order valence-electron chi connectivity index (χ4n) is 2.73. The van der Waals surface area contributed by atoms with Crippen LogP contribution in [0, 0.1) is 18.6 Å². The van der Waals surface area contributed by atoms with Gasteiger partial charge in [0.15, 0.2) is 16.5 Å². The molecule has 2 aromatic heterocycles. The maximum Gasteiger partial charge on any atom is 0.188 e. The third-order valence-corrected chi connectivity index (χ3v) is 5.45. The summed E-state index contributed by atoms with van der Waals surface area (Å²) in [7, 11) is 0. The van der Waals surface area contributed by atoms with Gasteiger partial charge in [-0.25, -0.2) is 18.7 Å². The Morgan fingerprint density at radius 2 is 2.04 bits per heavy atom. The van der Waals surface area contributed by atoms with Crippen molar-refractivity contribution in [3.63, 3.8) is 0 Å². The van der Waals surface area contributed by atoms with Gasteiger partial charge in [0.05, 0.1) is 11.8 Å². The van der Waals surface area contributed by atoms with Crippen molar-refractivity contribution in [3.8, 4) is 0 Å². The van der Waals surface area contributed by atoms with E-state index in [0.29, 0.717) is 30.1 Å². The molecule has 3 aromatic rings. The summed E-state index contributed by atoms with van der Waals surface area (Å²) in [5.41, 5.74) is 8.44. The minimum absolute atomic E-state index is 0.0455. The van der Waals surface area contributed by atoms with E-state index in [1.54, 1.807) is 12.5 Å². The number of unbranched alkanes of at least 4 members (excludes halogenated alkanes) is 1. The van der Waals surface area contributed by atoms with Gasteiger partial charge in [0.25, 0.3) is 0 Å². The molecule has 3 rings (SSSR count). The number of rotatable bonds is 6. The molecule has 0 aliphatic carbocycles. The van der Waals surface area contributed by atoms with Crippen LogP contribution in [0.3, 0.4) is 0 Å². The molecule has 0 saturated carbocycles. The first-order valence-corrected chi connectivity index (χ1v) is 9.18. The molecule has 0 bridgehead atoms. The molecule has 0 radical (unpaired) electrons. The zero-order valence-corrected chi connectivity index (χ0v) is 14.5. The lowest BCUT2D eigenvalue weighted by Crippen LogP contribution is -2.10.